The Labute approximate surface area is 113 Å². The Balaban J connectivity index is 2.19. The van der Waals surface area contributed by atoms with Gasteiger partial charge in [-0.2, -0.15) is 0 Å². The molecule has 3 heteroatoms. The lowest BCUT2D eigenvalue weighted by Gasteiger charge is -2.36. The molecule has 1 aliphatic heterocycles. The van der Waals surface area contributed by atoms with Gasteiger partial charge in [0, 0.05) is 17.3 Å². The summed E-state index contributed by atoms with van der Waals surface area (Å²) in [7, 11) is 0. The molecule has 1 aromatic carbocycles. The molecule has 1 aromatic heterocycles. The highest BCUT2D eigenvalue weighted by Gasteiger charge is 2.39. The van der Waals surface area contributed by atoms with Gasteiger partial charge in [0.1, 0.15) is 11.9 Å². The van der Waals surface area contributed by atoms with Crippen molar-refractivity contribution in [2.45, 2.75) is 38.2 Å². The van der Waals surface area contributed by atoms with E-state index in [9.17, 15) is 4.79 Å². The largest absolute Gasteiger partial charge is 0.368 e. The van der Waals surface area contributed by atoms with Gasteiger partial charge < -0.3 is 14.5 Å². The maximum absolute atomic E-state index is 11.1. The molecule has 0 amide bonds. The molecular weight excluding hydrogens is 238 g/mol. The van der Waals surface area contributed by atoms with Crippen LogP contribution in [0.15, 0.2) is 24.3 Å². The number of fused-ring (bicyclic) bond motifs is 3. The highest BCUT2D eigenvalue weighted by Crippen LogP contribution is 2.41. The minimum Gasteiger partial charge on any atom is -0.368 e. The van der Waals surface area contributed by atoms with Crippen LogP contribution in [-0.4, -0.2) is 17.9 Å². The summed E-state index contributed by atoms with van der Waals surface area (Å²) in [6, 6.07) is 8.33. The molecule has 100 valence electrons. The maximum atomic E-state index is 11.1. The molecule has 2 aromatic rings. The number of para-hydroxylation sites is 1. The topological polar surface area (TPSA) is 42.1 Å². The van der Waals surface area contributed by atoms with E-state index in [0.29, 0.717) is 13.0 Å². The van der Waals surface area contributed by atoms with E-state index in [1.54, 1.807) is 0 Å². The second-order valence-electron chi connectivity index (χ2n) is 5.24. The number of rotatable bonds is 4. The fourth-order valence-corrected chi connectivity index (χ4v) is 3.27. The predicted molar refractivity (Wildman–Crippen MR) is 75.2 cm³/mol. The average Bonchev–Trinajstić information content (AvgIpc) is 2.80. The molecule has 0 bridgehead atoms. The first-order chi connectivity index (χ1) is 9.30. The first kappa shape index (κ1) is 12.4. The van der Waals surface area contributed by atoms with Crippen LogP contribution in [0.3, 0.4) is 0 Å². The summed E-state index contributed by atoms with van der Waals surface area (Å²) in [5, 5.41) is 1.27. The van der Waals surface area contributed by atoms with Gasteiger partial charge in [-0.1, -0.05) is 31.5 Å². The number of aldehydes is 1. The SMILES string of the molecule is CCCC1(CC=O)OCCc2c1[nH]c1ccccc21. The number of ether oxygens (including phenoxy) is 1. The van der Waals surface area contributed by atoms with Gasteiger partial charge >= 0.3 is 0 Å². The molecule has 19 heavy (non-hydrogen) atoms. The third-order valence-corrected chi connectivity index (χ3v) is 4.07. The summed E-state index contributed by atoms with van der Waals surface area (Å²) < 4.78 is 6.04. The Hall–Kier alpha value is -1.61. The van der Waals surface area contributed by atoms with E-state index in [0.717, 1.165) is 36.8 Å². The van der Waals surface area contributed by atoms with Crippen molar-refractivity contribution in [2.24, 2.45) is 0 Å². The smallest absolute Gasteiger partial charge is 0.123 e. The Morgan fingerprint density at radius 1 is 1.42 bits per heavy atom. The molecule has 1 aliphatic rings. The molecule has 1 atom stereocenters. The highest BCUT2D eigenvalue weighted by molar-refractivity contribution is 5.85. The fraction of sp³-hybridized carbons (Fsp3) is 0.438. The Morgan fingerprint density at radius 3 is 3.05 bits per heavy atom. The average molecular weight is 257 g/mol. The molecular formula is C16H19NO2. The minimum atomic E-state index is -0.441. The number of benzene rings is 1. The van der Waals surface area contributed by atoms with Crippen LogP contribution >= 0.6 is 0 Å². The Kier molecular flexibility index (Phi) is 3.15. The number of hydrogen-bond donors (Lipinski definition) is 1. The monoisotopic (exact) mass is 257 g/mol. The van der Waals surface area contributed by atoms with E-state index in [1.807, 2.05) is 6.07 Å². The zero-order valence-electron chi connectivity index (χ0n) is 11.2. The maximum Gasteiger partial charge on any atom is 0.123 e. The summed E-state index contributed by atoms with van der Waals surface area (Å²) in [6.07, 6.45) is 4.22. The Bertz CT molecular complexity index is 602. The molecule has 1 unspecified atom stereocenters. The summed E-state index contributed by atoms with van der Waals surface area (Å²) in [6.45, 7) is 2.83. The van der Waals surface area contributed by atoms with Crippen molar-refractivity contribution < 1.29 is 9.53 Å². The highest BCUT2D eigenvalue weighted by atomic mass is 16.5. The predicted octanol–water partition coefficient (Wildman–Crippen LogP) is 3.33. The van der Waals surface area contributed by atoms with Crippen molar-refractivity contribution in [2.75, 3.05) is 6.61 Å². The van der Waals surface area contributed by atoms with Gasteiger partial charge in [-0.25, -0.2) is 0 Å². The van der Waals surface area contributed by atoms with Gasteiger partial charge in [0.15, 0.2) is 0 Å². The van der Waals surface area contributed by atoms with E-state index in [2.05, 4.69) is 30.1 Å². The zero-order valence-corrected chi connectivity index (χ0v) is 11.2. The van der Waals surface area contributed by atoms with Crippen molar-refractivity contribution in [3.8, 4) is 0 Å². The van der Waals surface area contributed by atoms with E-state index < -0.39 is 5.60 Å². The van der Waals surface area contributed by atoms with E-state index in [-0.39, 0.29) is 0 Å². The van der Waals surface area contributed by atoms with Gasteiger partial charge in [0.2, 0.25) is 0 Å². The molecule has 3 rings (SSSR count). The summed E-state index contributed by atoms with van der Waals surface area (Å²) in [5.74, 6) is 0. The molecule has 3 nitrogen and oxygen atoms in total. The second-order valence-corrected chi connectivity index (χ2v) is 5.24. The third-order valence-electron chi connectivity index (χ3n) is 4.07. The third kappa shape index (κ3) is 1.89. The van der Waals surface area contributed by atoms with E-state index in [4.69, 9.17) is 4.74 Å². The molecule has 0 fully saturated rings. The van der Waals surface area contributed by atoms with Gasteiger partial charge in [-0.3, -0.25) is 0 Å². The van der Waals surface area contributed by atoms with E-state index in [1.165, 1.54) is 10.9 Å². The lowest BCUT2D eigenvalue weighted by Crippen LogP contribution is -2.36. The number of carbonyl (C=O) groups is 1. The van der Waals surface area contributed by atoms with Crippen molar-refractivity contribution in [3.63, 3.8) is 0 Å². The van der Waals surface area contributed by atoms with Crippen molar-refractivity contribution in [1.29, 1.82) is 0 Å². The van der Waals surface area contributed by atoms with Crippen LogP contribution in [0.25, 0.3) is 10.9 Å². The van der Waals surface area contributed by atoms with Crippen LogP contribution in [0.4, 0.5) is 0 Å². The number of aromatic amines is 1. The van der Waals surface area contributed by atoms with Crippen LogP contribution < -0.4 is 0 Å². The second kappa shape index (κ2) is 4.82. The first-order valence-corrected chi connectivity index (χ1v) is 6.98. The zero-order chi connectivity index (χ0) is 13.3. The van der Waals surface area contributed by atoms with Crippen LogP contribution in [0.1, 0.15) is 37.4 Å². The van der Waals surface area contributed by atoms with Gasteiger partial charge in [-0.15, -0.1) is 0 Å². The number of nitrogens with one attached hydrogen (secondary N) is 1. The molecule has 0 radical (unpaired) electrons. The van der Waals surface area contributed by atoms with Crippen molar-refractivity contribution in [1.82, 2.24) is 4.98 Å². The summed E-state index contributed by atoms with van der Waals surface area (Å²) in [5.41, 5.74) is 3.15. The normalized spacial score (nSPS) is 22.4. The van der Waals surface area contributed by atoms with Crippen molar-refractivity contribution >= 4 is 17.2 Å². The standard InChI is InChI=1S/C16H19NO2/c1-2-8-16(9-10-18)15-13(7-11-19-16)12-5-3-4-6-14(12)17-15/h3-6,10,17H,2,7-9,11H2,1H3. The van der Waals surface area contributed by atoms with Gasteiger partial charge in [-0.05, 0) is 24.5 Å². The number of H-pyrrole nitrogens is 1. The van der Waals surface area contributed by atoms with E-state index >= 15 is 0 Å². The summed E-state index contributed by atoms with van der Waals surface area (Å²) in [4.78, 5) is 14.6. The number of aromatic nitrogens is 1. The number of hydrogen-bond acceptors (Lipinski definition) is 2. The van der Waals surface area contributed by atoms with Gasteiger partial charge in [0.25, 0.3) is 0 Å². The molecule has 2 heterocycles. The van der Waals surface area contributed by atoms with Crippen LogP contribution in [-0.2, 0) is 21.6 Å². The van der Waals surface area contributed by atoms with Crippen molar-refractivity contribution in [3.05, 3.63) is 35.5 Å². The molecule has 0 saturated carbocycles. The molecule has 1 N–H and O–H groups in total. The molecule has 0 aliphatic carbocycles. The molecule has 0 saturated heterocycles. The lowest BCUT2D eigenvalue weighted by atomic mass is 9.85. The van der Waals surface area contributed by atoms with Crippen LogP contribution in [0.5, 0.6) is 0 Å². The van der Waals surface area contributed by atoms with Crippen LogP contribution in [0, 0.1) is 0 Å². The first-order valence-electron chi connectivity index (χ1n) is 6.98. The lowest BCUT2D eigenvalue weighted by molar-refractivity contribution is -0.120. The fourth-order valence-electron chi connectivity index (χ4n) is 3.27. The number of carbonyl (C=O) groups excluding carboxylic acids is 1. The van der Waals surface area contributed by atoms with Crippen LogP contribution in [0.2, 0.25) is 0 Å². The Morgan fingerprint density at radius 2 is 2.26 bits per heavy atom. The molecule has 0 spiro atoms. The van der Waals surface area contributed by atoms with Gasteiger partial charge in [0.05, 0.1) is 12.3 Å². The summed E-state index contributed by atoms with van der Waals surface area (Å²) >= 11 is 0. The minimum absolute atomic E-state index is 0.431. The quantitative estimate of drug-likeness (QED) is 0.854.